The maximum Gasteiger partial charge on any atom is 0.216 e. The second-order valence-electron chi connectivity index (χ2n) is 5.63. The molecule has 1 aromatic heterocycles. The van der Waals surface area contributed by atoms with Crippen LogP contribution in [0.25, 0.3) is 0 Å². The van der Waals surface area contributed by atoms with Gasteiger partial charge in [0.15, 0.2) is 0 Å². The Morgan fingerprint density at radius 2 is 2.06 bits per heavy atom. The van der Waals surface area contributed by atoms with Gasteiger partial charge in [0.1, 0.15) is 0 Å². The lowest BCUT2D eigenvalue weighted by Gasteiger charge is -2.36. The minimum Gasteiger partial charge on any atom is -0.426 e. The Labute approximate surface area is 110 Å². The van der Waals surface area contributed by atoms with E-state index in [0.717, 1.165) is 37.2 Å². The summed E-state index contributed by atoms with van der Waals surface area (Å²) < 4.78 is 5.39. The molecule has 1 heterocycles. The molecular formula is C14H25N3O. The number of rotatable bonds is 5. The van der Waals surface area contributed by atoms with Crippen LogP contribution < -0.4 is 0 Å². The maximum atomic E-state index is 5.39. The van der Waals surface area contributed by atoms with E-state index in [4.69, 9.17) is 4.42 Å². The molecule has 1 fully saturated rings. The smallest absolute Gasteiger partial charge is 0.216 e. The molecule has 2 atom stereocenters. The standard InChI is InChI=1S/C14H25N3O/c1-11-7-4-5-8-13(11)17(3)10-6-9-14-16-15-12(2)18-14/h11,13H,4-10H2,1-3H3/t11-,13+/m1/s1. The van der Waals surface area contributed by atoms with E-state index in [2.05, 4.69) is 29.1 Å². The molecule has 0 saturated heterocycles. The van der Waals surface area contributed by atoms with Crippen molar-refractivity contribution < 1.29 is 4.42 Å². The van der Waals surface area contributed by atoms with E-state index in [1.807, 2.05) is 6.92 Å². The van der Waals surface area contributed by atoms with Crippen molar-refractivity contribution in [3.05, 3.63) is 11.8 Å². The zero-order chi connectivity index (χ0) is 13.0. The van der Waals surface area contributed by atoms with Crippen molar-refractivity contribution in [3.8, 4) is 0 Å². The van der Waals surface area contributed by atoms with E-state index in [1.165, 1.54) is 25.7 Å². The lowest BCUT2D eigenvalue weighted by molar-refractivity contribution is 0.138. The molecule has 0 amide bonds. The molecule has 1 aliphatic rings. The molecule has 4 heteroatoms. The summed E-state index contributed by atoms with van der Waals surface area (Å²) in [6, 6.07) is 0.767. The van der Waals surface area contributed by atoms with Crippen molar-refractivity contribution >= 4 is 0 Å². The van der Waals surface area contributed by atoms with Crippen LogP contribution in [-0.2, 0) is 6.42 Å². The van der Waals surface area contributed by atoms with Crippen molar-refractivity contribution in [2.75, 3.05) is 13.6 Å². The fourth-order valence-electron chi connectivity index (χ4n) is 3.04. The first-order valence-corrected chi connectivity index (χ1v) is 7.16. The van der Waals surface area contributed by atoms with Crippen LogP contribution in [0.15, 0.2) is 4.42 Å². The van der Waals surface area contributed by atoms with Gasteiger partial charge in [-0.2, -0.15) is 0 Å². The topological polar surface area (TPSA) is 42.2 Å². The van der Waals surface area contributed by atoms with Crippen molar-refractivity contribution in [1.82, 2.24) is 15.1 Å². The monoisotopic (exact) mass is 251 g/mol. The molecule has 2 rings (SSSR count). The highest BCUT2D eigenvalue weighted by Crippen LogP contribution is 2.27. The summed E-state index contributed by atoms with van der Waals surface area (Å²) in [5.41, 5.74) is 0. The largest absolute Gasteiger partial charge is 0.426 e. The predicted molar refractivity (Wildman–Crippen MR) is 71.4 cm³/mol. The van der Waals surface area contributed by atoms with E-state index in [9.17, 15) is 0 Å². The van der Waals surface area contributed by atoms with Crippen molar-refractivity contribution in [1.29, 1.82) is 0 Å². The molecule has 0 unspecified atom stereocenters. The Bertz CT molecular complexity index is 364. The van der Waals surface area contributed by atoms with Gasteiger partial charge in [-0.15, -0.1) is 10.2 Å². The summed E-state index contributed by atoms with van der Waals surface area (Å²) in [5.74, 6) is 2.28. The minimum absolute atomic E-state index is 0.666. The quantitative estimate of drug-likeness (QED) is 0.807. The summed E-state index contributed by atoms with van der Waals surface area (Å²) in [6.45, 7) is 5.35. The average molecular weight is 251 g/mol. The molecule has 0 aromatic carbocycles. The van der Waals surface area contributed by atoms with E-state index in [-0.39, 0.29) is 0 Å². The van der Waals surface area contributed by atoms with Crippen LogP contribution in [-0.4, -0.2) is 34.7 Å². The molecule has 0 bridgehead atoms. The van der Waals surface area contributed by atoms with Gasteiger partial charge in [-0.05, 0) is 38.8 Å². The SMILES string of the molecule is Cc1nnc(CCCN(C)[C@H]2CCCC[C@H]2C)o1. The fraction of sp³-hybridized carbons (Fsp3) is 0.857. The molecule has 0 aliphatic heterocycles. The summed E-state index contributed by atoms with van der Waals surface area (Å²) in [5, 5.41) is 7.89. The van der Waals surface area contributed by atoms with Gasteiger partial charge in [0.25, 0.3) is 0 Å². The third-order valence-corrected chi connectivity index (χ3v) is 4.10. The first-order chi connectivity index (χ1) is 8.66. The Kier molecular flexibility index (Phi) is 4.75. The van der Waals surface area contributed by atoms with E-state index >= 15 is 0 Å². The van der Waals surface area contributed by atoms with Gasteiger partial charge in [0.2, 0.25) is 11.8 Å². The Morgan fingerprint density at radius 1 is 1.28 bits per heavy atom. The normalized spacial score (nSPS) is 24.7. The fourth-order valence-corrected chi connectivity index (χ4v) is 3.04. The van der Waals surface area contributed by atoms with Gasteiger partial charge in [0.05, 0.1) is 0 Å². The van der Waals surface area contributed by atoms with E-state index in [1.54, 1.807) is 0 Å². The first kappa shape index (κ1) is 13.5. The van der Waals surface area contributed by atoms with Gasteiger partial charge < -0.3 is 9.32 Å². The van der Waals surface area contributed by atoms with Gasteiger partial charge in [-0.3, -0.25) is 0 Å². The maximum absolute atomic E-state index is 5.39. The van der Waals surface area contributed by atoms with Crippen molar-refractivity contribution in [2.45, 2.75) is 58.4 Å². The predicted octanol–water partition coefficient (Wildman–Crippen LogP) is 2.82. The van der Waals surface area contributed by atoms with Crippen molar-refractivity contribution in [3.63, 3.8) is 0 Å². The second kappa shape index (κ2) is 6.32. The second-order valence-corrected chi connectivity index (χ2v) is 5.63. The third-order valence-electron chi connectivity index (χ3n) is 4.10. The summed E-state index contributed by atoms with van der Waals surface area (Å²) in [4.78, 5) is 2.52. The Balaban J connectivity index is 1.72. The molecule has 0 radical (unpaired) electrons. The molecule has 4 nitrogen and oxygen atoms in total. The van der Waals surface area contributed by atoms with Crippen LogP contribution in [0.1, 0.15) is 50.8 Å². The van der Waals surface area contributed by atoms with E-state index in [0.29, 0.717) is 5.89 Å². The number of hydrogen-bond donors (Lipinski definition) is 0. The number of nitrogens with zero attached hydrogens (tertiary/aromatic N) is 3. The first-order valence-electron chi connectivity index (χ1n) is 7.16. The Morgan fingerprint density at radius 3 is 2.72 bits per heavy atom. The van der Waals surface area contributed by atoms with Crippen LogP contribution in [0.4, 0.5) is 0 Å². The number of aryl methyl sites for hydroxylation is 2. The highest BCUT2D eigenvalue weighted by molar-refractivity contribution is 4.82. The van der Waals surface area contributed by atoms with Gasteiger partial charge >= 0.3 is 0 Å². The lowest BCUT2D eigenvalue weighted by Crippen LogP contribution is -2.39. The third kappa shape index (κ3) is 3.55. The molecular weight excluding hydrogens is 226 g/mol. The zero-order valence-corrected chi connectivity index (χ0v) is 11.9. The molecule has 102 valence electrons. The minimum atomic E-state index is 0.666. The van der Waals surface area contributed by atoms with Gasteiger partial charge in [0, 0.05) is 19.4 Å². The van der Waals surface area contributed by atoms with Gasteiger partial charge in [-0.25, -0.2) is 0 Å². The number of hydrogen-bond acceptors (Lipinski definition) is 4. The molecule has 1 aromatic rings. The highest BCUT2D eigenvalue weighted by atomic mass is 16.4. The Hall–Kier alpha value is -0.900. The summed E-state index contributed by atoms with van der Waals surface area (Å²) in [7, 11) is 2.26. The van der Waals surface area contributed by atoms with Gasteiger partial charge in [-0.1, -0.05) is 19.8 Å². The van der Waals surface area contributed by atoms with Crippen LogP contribution in [0.2, 0.25) is 0 Å². The zero-order valence-electron chi connectivity index (χ0n) is 11.9. The molecule has 0 spiro atoms. The molecule has 0 N–H and O–H groups in total. The molecule has 1 saturated carbocycles. The highest BCUT2D eigenvalue weighted by Gasteiger charge is 2.24. The summed E-state index contributed by atoms with van der Waals surface area (Å²) in [6.07, 6.45) is 7.54. The summed E-state index contributed by atoms with van der Waals surface area (Å²) >= 11 is 0. The van der Waals surface area contributed by atoms with Crippen LogP contribution in [0.5, 0.6) is 0 Å². The lowest BCUT2D eigenvalue weighted by atomic mass is 9.85. The van der Waals surface area contributed by atoms with Crippen LogP contribution >= 0.6 is 0 Å². The van der Waals surface area contributed by atoms with Crippen LogP contribution in [0.3, 0.4) is 0 Å². The van der Waals surface area contributed by atoms with Crippen molar-refractivity contribution in [2.24, 2.45) is 5.92 Å². The van der Waals surface area contributed by atoms with Crippen LogP contribution in [0, 0.1) is 12.8 Å². The number of aromatic nitrogens is 2. The molecule has 1 aliphatic carbocycles. The van der Waals surface area contributed by atoms with E-state index < -0.39 is 0 Å². The average Bonchev–Trinajstić information content (AvgIpc) is 2.75. The molecule has 18 heavy (non-hydrogen) atoms.